The normalized spacial score (nSPS) is 10.6. The van der Waals surface area contributed by atoms with Crippen molar-refractivity contribution in [2.45, 2.75) is 0 Å². The van der Waals surface area contributed by atoms with Gasteiger partial charge in [0.1, 0.15) is 0 Å². The Hall–Kier alpha value is -0.390. The molecule has 0 N–H and O–H groups in total. The minimum absolute atomic E-state index is 0.925. The number of hydrogen-bond donors (Lipinski definition) is 0. The third-order valence-electron chi connectivity index (χ3n) is 1.12. The van der Waals surface area contributed by atoms with Gasteiger partial charge in [0.15, 0.2) is 0 Å². The molecule has 0 radical (unpaired) electrons. The molecular formula is C6AuF5. The third-order valence-corrected chi connectivity index (χ3v) is 2.07. The van der Waals surface area contributed by atoms with E-state index in [1.807, 2.05) is 0 Å². The molecule has 0 atom stereocenters. The standard InChI is InChI=1S/C6F5.Au/c7-2-1-3(8)5(10)6(11)4(2)9;. The van der Waals surface area contributed by atoms with Crippen LogP contribution >= 0.6 is 0 Å². The van der Waals surface area contributed by atoms with Gasteiger partial charge < -0.3 is 0 Å². The molecule has 0 heterocycles. The molecule has 0 aromatic heterocycles. The zero-order valence-electron chi connectivity index (χ0n) is 5.19. The number of benzene rings is 1. The zero-order chi connectivity index (χ0) is 9.46. The predicted octanol–water partition coefficient (Wildman–Crippen LogP) is 1.55. The molecule has 0 saturated carbocycles. The van der Waals surface area contributed by atoms with E-state index < -0.39 is 32.9 Å². The first-order chi connectivity index (χ1) is 5.46. The van der Waals surface area contributed by atoms with Crippen LogP contribution in [0.25, 0.3) is 0 Å². The molecule has 12 heavy (non-hydrogen) atoms. The topological polar surface area (TPSA) is 0 Å². The van der Waals surface area contributed by atoms with Crippen molar-refractivity contribution in [2.75, 3.05) is 0 Å². The Balaban J connectivity index is 3.60. The molecule has 1 aromatic carbocycles. The van der Waals surface area contributed by atoms with Gasteiger partial charge in [-0.3, -0.25) is 0 Å². The second-order valence-electron chi connectivity index (χ2n) is 1.85. The van der Waals surface area contributed by atoms with Crippen molar-refractivity contribution in [1.29, 1.82) is 0 Å². The van der Waals surface area contributed by atoms with E-state index in [2.05, 4.69) is 0 Å². The molecule has 1 aromatic rings. The summed E-state index contributed by atoms with van der Waals surface area (Å²) in [5.41, 5.74) is 0. The summed E-state index contributed by atoms with van der Waals surface area (Å²) < 4.78 is 60.6. The van der Waals surface area contributed by atoms with E-state index in [0.717, 1.165) is 0 Å². The van der Waals surface area contributed by atoms with E-state index >= 15 is 0 Å². The van der Waals surface area contributed by atoms with Crippen molar-refractivity contribution in [1.82, 2.24) is 0 Å². The van der Waals surface area contributed by atoms with Gasteiger partial charge in [-0.25, -0.2) is 0 Å². The van der Waals surface area contributed by atoms with Gasteiger partial charge in [0.2, 0.25) is 0 Å². The summed E-state index contributed by atoms with van der Waals surface area (Å²) in [5, 5.41) is 0. The Morgan fingerprint density at radius 3 is 1.17 bits per heavy atom. The first-order valence-electron chi connectivity index (χ1n) is 2.60. The van der Waals surface area contributed by atoms with Crippen molar-refractivity contribution < 1.29 is 43.0 Å². The number of halogens is 5. The maximum absolute atomic E-state index is 12.4. The molecule has 0 fully saturated rings. The number of rotatable bonds is 0. The van der Waals surface area contributed by atoms with Crippen molar-refractivity contribution in [2.24, 2.45) is 0 Å². The molecule has 0 spiro atoms. The fraction of sp³-hybridized carbons (Fsp3) is 0. The summed E-state index contributed by atoms with van der Waals surface area (Å²) >= 11 is 1.23. The molecule has 0 saturated heterocycles. The summed E-state index contributed by atoms with van der Waals surface area (Å²) in [6, 6.07) is 0. The van der Waals surface area contributed by atoms with E-state index in [9.17, 15) is 22.0 Å². The zero-order valence-corrected chi connectivity index (χ0v) is 7.36. The second kappa shape index (κ2) is 3.16. The molecular weight excluding hydrogens is 364 g/mol. The van der Waals surface area contributed by atoms with Crippen LogP contribution in [0.4, 0.5) is 22.0 Å². The Morgan fingerprint density at radius 2 is 0.833 bits per heavy atom. The van der Waals surface area contributed by atoms with Crippen LogP contribution in [-0.4, -0.2) is 0 Å². The van der Waals surface area contributed by atoms with Gasteiger partial charge in [-0.2, -0.15) is 0 Å². The molecule has 0 aliphatic heterocycles. The Labute approximate surface area is 76.3 Å². The molecule has 6 heteroatoms. The van der Waals surface area contributed by atoms with E-state index in [0.29, 0.717) is 0 Å². The van der Waals surface area contributed by atoms with E-state index in [1.54, 1.807) is 0 Å². The minimum atomic E-state index is -2.14. The average Bonchev–Trinajstić information content (AvgIpc) is 2.08. The molecule has 70 valence electrons. The molecule has 0 bridgehead atoms. The van der Waals surface area contributed by atoms with Crippen LogP contribution in [0, 0.1) is 29.1 Å². The van der Waals surface area contributed by atoms with Crippen LogP contribution in [0.15, 0.2) is 0 Å². The van der Waals surface area contributed by atoms with Gasteiger partial charge in [0, 0.05) is 0 Å². The van der Waals surface area contributed by atoms with Gasteiger partial charge >= 0.3 is 75.9 Å². The number of hydrogen-bond acceptors (Lipinski definition) is 0. The Kier molecular flexibility index (Phi) is 2.55. The third kappa shape index (κ3) is 1.28. The fourth-order valence-electron chi connectivity index (χ4n) is 0.561. The van der Waals surface area contributed by atoms with Crippen molar-refractivity contribution in [3.05, 3.63) is 29.1 Å². The van der Waals surface area contributed by atoms with Gasteiger partial charge in [0.05, 0.1) is 0 Å². The first-order valence-corrected chi connectivity index (χ1v) is 3.68. The van der Waals surface area contributed by atoms with E-state index in [1.165, 1.54) is 21.1 Å². The first kappa shape index (κ1) is 9.70. The summed E-state index contributed by atoms with van der Waals surface area (Å²) in [6.45, 7) is 0. The molecule has 0 unspecified atom stereocenters. The van der Waals surface area contributed by atoms with E-state index in [4.69, 9.17) is 0 Å². The molecule has 1 rings (SSSR count). The molecule has 0 aliphatic carbocycles. The van der Waals surface area contributed by atoms with Crippen LogP contribution in [0.1, 0.15) is 0 Å². The monoisotopic (exact) mass is 364 g/mol. The quantitative estimate of drug-likeness (QED) is 0.284. The molecule has 0 amide bonds. The van der Waals surface area contributed by atoms with E-state index in [-0.39, 0.29) is 0 Å². The Bertz CT molecular complexity index is 230. The van der Waals surface area contributed by atoms with Crippen LogP contribution in [0.5, 0.6) is 0 Å². The molecule has 0 aliphatic rings. The Morgan fingerprint density at radius 1 is 0.583 bits per heavy atom. The van der Waals surface area contributed by atoms with Crippen LogP contribution in [0.2, 0.25) is 0 Å². The van der Waals surface area contributed by atoms with Crippen LogP contribution in [-0.2, 0) is 21.1 Å². The summed E-state index contributed by atoms with van der Waals surface area (Å²) in [5.74, 6) is -9.61. The van der Waals surface area contributed by atoms with Crippen molar-refractivity contribution in [3.8, 4) is 0 Å². The summed E-state index contributed by atoms with van der Waals surface area (Å²) in [6.07, 6.45) is 0. The second-order valence-corrected chi connectivity index (χ2v) is 2.93. The van der Waals surface area contributed by atoms with Gasteiger partial charge in [-0.1, -0.05) is 0 Å². The van der Waals surface area contributed by atoms with Gasteiger partial charge in [0.25, 0.3) is 0 Å². The summed E-state index contributed by atoms with van der Waals surface area (Å²) in [7, 11) is 0. The van der Waals surface area contributed by atoms with Gasteiger partial charge in [-0.05, 0) is 0 Å². The average molecular weight is 364 g/mol. The van der Waals surface area contributed by atoms with Crippen molar-refractivity contribution >= 4 is 3.78 Å². The fourth-order valence-corrected chi connectivity index (χ4v) is 1.04. The molecule has 0 nitrogen and oxygen atoms in total. The maximum atomic E-state index is 12.4. The van der Waals surface area contributed by atoms with Crippen molar-refractivity contribution in [3.63, 3.8) is 0 Å². The van der Waals surface area contributed by atoms with Gasteiger partial charge in [-0.15, -0.1) is 0 Å². The van der Waals surface area contributed by atoms with Crippen LogP contribution < -0.4 is 3.78 Å². The predicted molar refractivity (Wildman–Crippen MR) is 25.9 cm³/mol. The van der Waals surface area contributed by atoms with Crippen LogP contribution in [0.3, 0.4) is 0 Å². The summed E-state index contributed by atoms with van der Waals surface area (Å²) in [4.78, 5) is 0. The SMILES string of the molecule is Fc1c(F)c(F)[c]([Au])c(F)c1F.